The Bertz CT molecular complexity index is 113. The number of nitrogens with two attached hydrogens (primary N) is 1. The smallest absolute Gasteiger partial charge is 0.0569 e. The van der Waals surface area contributed by atoms with Crippen LogP contribution in [0.5, 0.6) is 0 Å². The van der Waals surface area contributed by atoms with Crippen LogP contribution in [0.3, 0.4) is 0 Å². The highest BCUT2D eigenvalue weighted by atomic mass is 16.5. The molecule has 2 atom stereocenters. The van der Waals surface area contributed by atoms with Crippen LogP contribution in [0, 0.1) is 5.92 Å². The predicted molar refractivity (Wildman–Crippen MR) is 57.8 cm³/mol. The summed E-state index contributed by atoms with van der Waals surface area (Å²) in [5.74, 6) is 0.619. The largest absolute Gasteiger partial charge is 0.378 e. The van der Waals surface area contributed by atoms with E-state index in [1.807, 2.05) is 0 Å². The highest BCUT2D eigenvalue weighted by Crippen LogP contribution is 2.07. The van der Waals surface area contributed by atoms with Crippen LogP contribution in [0.4, 0.5) is 0 Å². The van der Waals surface area contributed by atoms with E-state index in [-0.39, 0.29) is 0 Å². The van der Waals surface area contributed by atoms with Gasteiger partial charge in [-0.3, -0.25) is 0 Å². The first-order chi connectivity index (χ1) is 6.04. The Morgan fingerprint density at radius 3 is 2.15 bits per heavy atom. The van der Waals surface area contributed by atoms with Crippen LogP contribution in [0.15, 0.2) is 0 Å². The fraction of sp³-hybridized carbons (Fsp3) is 1.00. The molecule has 0 saturated carbocycles. The lowest BCUT2D eigenvalue weighted by Crippen LogP contribution is -2.17. The molecule has 0 heterocycles. The van der Waals surface area contributed by atoms with E-state index >= 15 is 0 Å². The third kappa shape index (κ3) is 8.26. The maximum atomic E-state index is 5.64. The number of ether oxygens (including phenoxy) is 1. The zero-order chi connectivity index (χ0) is 10.3. The van der Waals surface area contributed by atoms with E-state index in [2.05, 4.69) is 27.7 Å². The first-order valence-electron chi connectivity index (χ1n) is 5.41. The minimum atomic E-state index is 0.336. The quantitative estimate of drug-likeness (QED) is 0.622. The summed E-state index contributed by atoms with van der Waals surface area (Å²) in [6, 6.07) is 0.336. The zero-order valence-electron chi connectivity index (χ0n) is 9.55. The van der Waals surface area contributed by atoms with Crippen LogP contribution in [0.1, 0.15) is 47.0 Å². The lowest BCUT2D eigenvalue weighted by Gasteiger charge is -2.16. The molecule has 2 heteroatoms. The number of hydrogen-bond acceptors (Lipinski definition) is 2. The molecule has 0 saturated heterocycles. The van der Waals surface area contributed by atoms with E-state index in [0.29, 0.717) is 18.1 Å². The standard InChI is InChI=1S/C11H25NO/c1-9(2)11(4)13-8-6-5-7-10(3)12/h9-11H,5-8,12H2,1-4H3. The van der Waals surface area contributed by atoms with Gasteiger partial charge in [-0.15, -0.1) is 0 Å². The van der Waals surface area contributed by atoms with Gasteiger partial charge in [-0.2, -0.15) is 0 Å². The van der Waals surface area contributed by atoms with Crippen molar-refractivity contribution < 1.29 is 4.74 Å². The molecule has 0 aliphatic heterocycles. The third-order valence-electron chi connectivity index (χ3n) is 2.37. The van der Waals surface area contributed by atoms with Crippen molar-refractivity contribution >= 4 is 0 Å². The topological polar surface area (TPSA) is 35.2 Å². The van der Waals surface area contributed by atoms with Crippen molar-refractivity contribution in [1.82, 2.24) is 0 Å². The maximum Gasteiger partial charge on any atom is 0.0569 e. The highest BCUT2D eigenvalue weighted by molar-refractivity contribution is 4.56. The van der Waals surface area contributed by atoms with Crippen LogP contribution in [-0.2, 0) is 4.74 Å². The second-order valence-electron chi connectivity index (χ2n) is 4.29. The number of hydrogen-bond donors (Lipinski definition) is 1. The van der Waals surface area contributed by atoms with Crippen molar-refractivity contribution in [2.45, 2.75) is 59.1 Å². The fourth-order valence-corrected chi connectivity index (χ4v) is 1.03. The van der Waals surface area contributed by atoms with Crippen molar-refractivity contribution in [2.24, 2.45) is 11.7 Å². The minimum absolute atomic E-state index is 0.336. The third-order valence-corrected chi connectivity index (χ3v) is 2.37. The van der Waals surface area contributed by atoms with Gasteiger partial charge in [0.1, 0.15) is 0 Å². The molecule has 0 aliphatic carbocycles. The lowest BCUT2D eigenvalue weighted by atomic mass is 10.1. The average molecular weight is 187 g/mol. The molecule has 0 aliphatic rings. The molecule has 0 aromatic rings. The summed E-state index contributed by atoms with van der Waals surface area (Å²) < 4.78 is 5.64. The van der Waals surface area contributed by atoms with E-state index in [1.165, 1.54) is 6.42 Å². The Balaban J connectivity index is 3.16. The Kier molecular flexibility index (Phi) is 7.29. The maximum absolute atomic E-state index is 5.64. The first kappa shape index (κ1) is 12.9. The summed E-state index contributed by atoms with van der Waals surface area (Å²) in [6.07, 6.45) is 3.82. The van der Waals surface area contributed by atoms with Crippen molar-refractivity contribution in [3.8, 4) is 0 Å². The van der Waals surface area contributed by atoms with Gasteiger partial charge in [0.2, 0.25) is 0 Å². The summed E-state index contributed by atoms with van der Waals surface area (Å²) in [4.78, 5) is 0. The first-order valence-corrected chi connectivity index (χ1v) is 5.41. The molecule has 0 spiro atoms. The molecule has 13 heavy (non-hydrogen) atoms. The van der Waals surface area contributed by atoms with Crippen LogP contribution < -0.4 is 5.73 Å². The van der Waals surface area contributed by atoms with Crippen LogP contribution in [0.25, 0.3) is 0 Å². The second-order valence-corrected chi connectivity index (χ2v) is 4.29. The van der Waals surface area contributed by atoms with Crippen molar-refractivity contribution in [3.05, 3.63) is 0 Å². The second kappa shape index (κ2) is 7.34. The van der Waals surface area contributed by atoms with E-state index in [0.717, 1.165) is 19.4 Å². The molecule has 0 radical (unpaired) electrons. The Hall–Kier alpha value is -0.0800. The summed E-state index contributed by atoms with van der Waals surface area (Å²) in [5, 5.41) is 0. The summed E-state index contributed by atoms with van der Waals surface area (Å²) in [5.41, 5.74) is 5.64. The molecule has 2 unspecified atom stereocenters. The zero-order valence-corrected chi connectivity index (χ0v) is 9.55. The molecule has 0 fully saturated rings. The Morgan fingerprint density at radius 1 is 1.08 bits per heavy atom. The molecular formula is C11H25NO. The molecule has 0 aromatic heterocycles. The lowest BCUT2D eigenvalue weighted by molar-refractivity contribution is 0.0331. The molecule has 80 valence electrons. The molecule has 0 amide bonds. The summed E-state index contributed by atoms with van der Waals surface area (Å²) in [6.45, 7) is 9.44. The number of rotatable bonds is 7. The van der Waals surface area contributed by atoms with E-state index in [1.54, 1.807) is 0 Å². The van der Waals surface area contributed by atoms with Crippen molar-refractivity contribution in [2.75, 3.05) is 6.61 Å². The van der Waals surface area contributed by atoms with Gasteiger partial charge in [-0.05, 0) is 39.0 Å². The van der Waals surface area contributed by atoms with Gasteiger partial charge in [-0.25, -0.2) is 0 Å². The van der Waals surface area contributed by atoms with Crippen LogP contribution >= 0.6 is 0 Å². The van der Waals surface area contributed by atoms with Gasteiger partial charge in [0.15, 0.2) is 0 Å². The molecule has 0 rings (SSSR count). The molecule has 0 bridgehead atoms. The van der Waals surface area contributed by atoms with Crippen LogP contribution in [-0.4, -0.2) is 18.8 Å². The van der Waals surface area contributed by atoms with Gasteiger partial charge in [0, 0.05) is 12.6 Å². The van der Waals surface area contributed by atoms with E-state index in [9.17, 15) is 0 Å². The monoisotopic (exact) mass is 187 g/mol. The molecule has 0 aromatic carbocycles. The molecule has 2 N–H and O–H groups in total. The molecule has 2 nitrogen and oxygen atoms in total. The van der Waals surface area contributed by atoms with Gasteiger partial charge < -0.3 is 10.5 Å². The molecular weight excluding hydrogens is 162 g/mol. The predicted octanol–water partition coefficient (Wildman–Crippen LogP) is 2.57. The van der Waals surface area contributed by atoms with Crippen molar-refractivity contribution in [3.63, 3.8) is 0 Å². The van der Waals surface area contributed by atoms with Gasteiger partial charge in [0.25, 0.3) is 0 Å². The Labute approximate surface area is 82.8 Å². The summed E-state index contributed by atoms with van der Waals surface area (Å²) >= 11 is 0. The van der Waals surface area contributed by atoms with Gasteiger partial charge in [0.05, 0.1) is 6.10 Å². The van der Waals surface area contributed by atoms with Crippen molar-refractivity contribution in [1.29, 1.82) is 0 Å². The SMILES string of the molecule is CC(N)CCCCOC(C)C(C)C. The fourth-order valence-electron chi connectivity index (χ4n) is 1.03. The highest BCUT2D eigenvalue weighted by Gasteiger charge is 2.05. The normalized spacial score (nSPS) is 16.2. The average Bonchev–Trinajstić information content (AvgIpc) is 2.02. The summed E-state index contributed by atoms with van der Waals surface area (Å²) in [7, 11) is 0. The van der Waals surface area contributed by atoms with Gasteiger partial charge in [-0.1, -0.05) is 13.8 Å². The van der Waals surface area contributed by atoms with Crippen LogP contribution in [0.2, 0.25) is 0 Å². The number of unbranched alkanes of at least 4 members (excludes halogenated alkanes) is 1. The van der Waals surface area contributed by atoms with Gasteiger partial charge >= 0.3 is 0 Å². The van der Waals surface area contributed by atoms with E-state index in [4.69, 9.17) is 10.5 Å². The minimum Gasteiger partial charge on any atom is -0.378 e. The van der Waals surface area contributed by atoms with E-state index < -0.39 is 0 Å². The Morgan fingerprint density at radius 2 is 1.69 bits per heavy atom.